The largest absolute Gasteiger partial charge is 0.356 e. The van der Waals surface area contributed by atoms with Gasteiger partial charge in [-0.2, -0.15) is 0 Å². The fraction of sp³-hybridized carbons (Fsp3) is 0.438. The molecule has 118 valence electrons. The lowest BCUT2D eigenvalue weighted by Gasteiger charge is -2.12. The number of nitrogens with one attached hydrogen (secondary N) is 1. The van der Waals surface area contributed by atoms with Crippen LogP contribution in [0, 0.1) is 0 Å². The molecule has 0 spiro atoms. The van der Waals surface area contributed by atoms with Gasteiger partial charge in [0.1, 0.15) is 0 Å². The number of aromatic nitrogens is 2. The first-order valence-electron chi connectivity index (χ1n) is 7.50. The smallest absolute Gasteiger partial charge is 0.262 e. The van der Waals surface area contributed by atoms with E-state index in [9.17, 15) is 9.59 Å². The lowest BCUT2D eigenvalue weighted by Crippen LogP contribution is -2.25. The predicted molar refractivity (Wildman–Crippen MR) is 90.3 cm³/mol. The Labute approximate surface area is 134 Å². The summed E-state index contributed by atoms with van der Waals surface area (Å²) >= 11 is 1.51. The van der Waals surface area contributed by atoms with Crippen LogP contribution >= 0.6 is 11.8 Å². The molecule has 0 unspecified atom stereocenters. The number of para-hydroxylation sites is 1. The SMILES string of the molecule is CCCCn1c(SCCNC(C)=O)nc2ccccc2c1=O. The highest BCUT2D eigenvalue weighted by atomic mass is 32.2. The normalized spacial score (nSPS) is 10.8. The fourth-order valence-electron chi connectivity index (χ4n) is 2.14. The number of unbranched alkanes of at least 4 members (excludes halogenated alkanes) is 1. The number of hydrogen-bond donors (Lipinski definition) is 1. The van der Waals surface area contributed by atoms with Gasteiger partial charge >= 0.3 is 0 Å². The molecule has 1 heterocycles. The van der Waals surface area contributed by atoms with Crippen LogP contribution in [0.1, 0.15) is 26.7 Å². The molecule has 6 heteroatoms. The highest BCUT2D eigenvalue weighted by Crippen LogP contribution is 2.17. The Hall–Kier alpha value is -1.82. The third kappa shape index (κ3) is 4.10. The average molecular weight is 319 g/mol. The van der Waals surface area contributed by atoms with E-state index in [0.717, 1.165) is 23.5 Å². The second-order valence-electron chi connectivity index (χ2n) is 5.05. The Morgan fingerprint density at radius 2 is 2.14 bits per heavy atom. The van der Waals surface area contributed by atoms with E-state index in [-0.39, 0.29) is 11.5 Å². The molecule has 22 heavy (non-hydrogen) atoms. The van der Waals surface area contributed by atoms with Crippen molar-refractivity contribution in [3.63, 3.8) is 0 Å². The van der Waals surface area contributed by atoms with Crippen LogP contribution in [0.15, 0.2) is 34.2 Å². The van der Waals surface area contributed by atoms with E-state index in [1.165, 1.54) is 18.7 Å². The molecule has 0 atom stereocenters. The van der Waals surface area contributed by atoms with Crippen molar-refractivity contribution in [2.75, 3.05) is 12.3 Å². The van der Waals surface area contributed by atoms with Crippen molar-refractivity contribution in [2.24, 2.45) is 0 Å². The molecule has 0 aliphatic rings. The minimum absolute atomic E-state index is 0.0149. The summed E-state index contributed by atoms with van der Waals surface area (Å²) in [5, 5.41) is 4.14. The van der Waals surface area contributed by atoms with Gasteiger partial charge in [0.25, 0.3) is 5.56 Å². The van der Waals surface area contributed by atoms with E-state index in [1.54, 1.807) is 4.57 Å². The third-order valence-corrected chi connectivity index (χ3v) is 4.25. The average Bonchev–Trinajstić information content (AvgIpc) is 2.51. The molecule has 0 aliphatic carbocycles. The maximum atomic E-state index is 12.6. The zero-order valence-corrected chi connectivity index (χ0v) is 13.8. The molecule has 5 nitrogen and oxygen atoms in total. The third-order valence-electron chi connectivity index (χ3n) is 3.27. The van der Waals surface area contributed by atoms with E-state index >= 15 is 0 Å². The van der Waals surface area contributed by atoms with E-state index in [0.29, 0.717) is 24.2 Å². The van der Waals surface area contributed by atoms with Gasteiger partial charge in [0.2, 0.25) is 5.91 Å². The predicted octanol–water partition coefficient (Wildman–Crippen LogP) is 2.42. The van der Waals surface area contributed by atoms with Gasteiger partial charge in [-0.15, -0.1) is 0 Å². The maximum Gasteiger partial charge on any atom is 0.262 e. The van der Waals surface area contributed by atoms with Crippen molar-refractivity contribution in [1.29, 1.82) is 0 Å². The van der Waals surface area contributed by atoms with Crippen molar-refractivity contribution in [3.8, 4) is 0 Å². The van der Waals surface area contributed by atoms with Gasteiger partial charge in [-0.1, -0.05) is 37.2 Å². The minimum atomic E-state index is -0.0459. The number of hydrogen-bond acceptors (Lipinski definition) is 4. The van der Waals surface area contributed by atoms with Crippen LogP contribution in [0.4, 0.5) is 0 Å². The number of amides is 1. The first-order chi connectivity index (χ1) is 10.6. The molecule has 1 N–H and O–H groups in total. The van der Waals surface area contributed by atoms with Crippen molar-refractivity contribution >= 4 is 28.6 Å². The maximum absolute atomic E-state index is 12.6. The van der Waals surface area contributed by atoms with Gasteiger partial charge in [0.05, 0.1) is 10.9 Å². The lowest BCUT2D eigenvalue weighted by atomic mass is 10.2. The standard InChI is InChI=1S/C16H21N3O2S/c1-3-4-10-19-15(21)13-7-5-6-8-14(13)18-16(19)22-11-9-17-12(2)20/h5-8H,3-4,9-11H2,1-2H3,(H,17,20). The first kappa shape index (κ1) is 16.5. The van der Waals surface area contributed by atoms with Crippen LogP contribution < -0.4 is 10.9 Å². The van der Waals surface area contributed by atoms with Crippen molar-refractivity contribution in [2.45, 2.75) is 38.4 Å². The zero-order valence-electron chi connectivity index (χ0n) is 13.0. The number of thioether (sulfide) groups is 1. The summed E-state index contributed by atoms with van der Waals surface area (Å²) in [5.41, 5.74) is 0.739. The lowest BCUT2D eigenvalue weighted by molar-refractivity contribution is -0.118. The second-order valence-corrected chi connectivity index (χ2v) is 6.12. The highest BCUT2D eigenvalue weighted by Gasteiger charge is 2.10. The summed E-state index contributed by atoms with van der Waals surface area (Å²) in [7, 11) is 0. The molecule has 0 fully saturated rings. The summed E-state index contributed by atoms with van der Waals surface area (Å²) < 4.78 is 1.75. The van der Waals surface area contributed by atoms with E-state index in [2.05, 4.69) is 17.2 Å². The summed E-state index contributed by atoms with van der Waals surface area (Å²) in [4.78, 5) is 28.2. The summed E-state index contributed by atoms with van der Waals surface area (Å²) in [6.45, 7) is 4.84. The number of carbonyl (C=O) groups excluding carboxylic acids is 1. The molecule has 0 saturated carbocycles. The summed E-state index contributed by atoms with van der Waals surface area (Å²) in [5.74, 6) is 0.645. The number of carbonyl (C=O) groups is 1. The van der Waals surface area contributed by atoms with Gasteiger partial charge in [0.15, 0.2) is 5.16 Å². The molecule has 1 aromatic heterocycles. The van der Waals surface area contributed by atoms with Crippen LogP contribution in [0.2, 0.25) is 0 Å². The molecule has 0 saturated heterocycles. The molecule has 1 aromatic carbocycles. The summed E-state index contributed by atoms with van der Waals surface area (Å²) in [6.07, 6.45) is 1.97. The molecule has 2 rings (SSSR count). The van der Waals surface area contributed by atoms with Gasteiger partial charge in [-0.05, 0) is 18.6 Å². The molecule has 0 bridgehead atoms. The number of fused-ring (bicyclic) bond motifs is 1. The number of rotatable bonds is 7. The van der Waals surface area contributed by atoms with Gasteiger partial charge in [0, 0.05) is 25.8 Å². The van der Waals surface area contributed by atoms with Crippen LogP contribution in [0.25, 0.3) is 10.9 Å². The topological polar surface area (TPSA) is 64.0 Å². The Morgan fingerprint density at radius 1 is 1.36 bits per heavy atom. The number of nitrogens with zero attached hydrogens (tertiary/aromatic N) is 2. The molecule has 1 amide bonds. The van der Waals surface area contributed by atoms with Crippen molar-refractivity contribution < 1.29 is 4.79 Å². The molecular formula is C16H21N3O2S. The Morgan fingerprint density at radius 3 is 2.86 bits per heavy atom. The Balaban J connectivity index is 2.28. The van der Waals surface area contributed by atoms with Crippen LogP contribution in [0.5, 0.6) is 0 Å². The number of benzene rings is 1. The summed E-state index contributed by atoms with van der Waals surface area (Å²) in [6, 6.07) is 7.42. The molecule has 0 aliphatic heterocycles. The highest BCUT2D eigenvalue weighted by molar-refractivity contribution is 7.99. The molecular weight excluding hydrogens is 298 g/mol. The van der Waals surface area contributed by atoms with Crippen LogP contribution in [-0.4, -0.2) is 27.8 Å². The minimum Gasteiger partial charge on any atom is -0.356 e. The monoisotopic (exact) mass is 319 g/mol. The van der Waals surface area contributed by atoms with Crippen LogP contribution in [0.3, 0.4) is 0 Å². The second kappa shape index (κ2) is 7.98. The van der Waals surface area contributed by atoms with E-state index in [4.69, 9.17) is 0 Å². The van der Waals surface area contributed by atoms with Crippen LogP contribution in [-0.2, 0) is 11.3 Å². The van der Waals surface area contributed by atoms with Gasteiger partial charge < -0.3 is 5.32 Å². The Kier molecular flexibility index (Phi) is 6.00. The van der Waals surface area contributed by atoms with Crippen molar-refractivity contribution in [3.05, 3.63) is 34.6 Å². The quantitative estimate of drug-likeness (QED) is 0.484. The van der Waals surface area contributed by atoms with Crippen molar-refractivity contribution in [1.82, 2.24) is 14.9 Å². The van der Waals surface area contributed by atoms with E-state index in [1.807, 2.05) is 24.3 Å². The van der Waals surface area contributed by atoms with Gasteiger partial charge in [-0.25, -0.2) is 4.98 Å². The first-order valence-corrected chi connectivity index (χ1v) is 8.49. The van der Waals surface area contributed by atoms with E-state index < -0.39 is 0 Å². The molecule has 2 aromatic rings. The zero-order chi connectivity index (χ0) is 15.9. The van der Waals surface area contributed by atoms with Gasteiger partial charge in [-0.3, -0.25) is 14.2 Å². The fourth-order valence-corrected chi connectivity index (χ4v) is 3.02. The Bertz CT molecular complexity index is 712. The molecule has 0 radical (unpaired) electrons.